The number of likely N-dealkylation sites (tertiary alicyclic amines) is 1. The first-order valence-corrected chi connectivity index (χ1v) is 7.50. The second kappa shape index (κ2) is 4.35. The molecule has 0 bridgehead atoms. The van der Waals surface area contributed by atoms with Crippen molar-refractivity contribution in [1.29, 1.82) is 0 Å². The summed E-state index contributed by atoms with van der Waals surface area (Å²) in [4.78, 5) is 14.6. The number of hydrogen-bond acceptors (Lipinski definition) is 2. The first-order valence-electron chi connectivity index (χ1n) is 7.50. The van der Waals surface area contributed by atoms with Crippen LogP contribution in [0.25, 0.3) is 0 Å². The van der Waals surface area contributed by atoms with Crippen LogP contribution in [0.4, 0.5) is 0 Å². The number of nitrogens with zero attached hydrogens (tertiary/aromatic N) is 2. The van der Waals surface area contributed by atoms with Crippen LogP contribution in [0.3, 0.4) is 0 Å². The third kappa shape index (κ3) is 2.16. The Morgan fingerprint density at radius 3 is 2.65 bits per heavy atom. The maximum absolute atomic E-state index is 12.7. The van der Waals surface area contributed by atoms with Gasteiger partial charge >= 0.3 is 0 Å². The predicted octanol–water partition coefficient (Wildman–Crippen LogP) is 2.45. The van der Waals surface area contributed by atoms with Gasteiger partial charge in [-0.3, -0.25) is 4.79 Å². The summed E-state index contributed by atoms with van der Waals surface area (Å²) in [5.74, 6) is 0.102. The second-order valence-electron chi connectivity index (χ2n) is 7.17. The molecule has 1 saturated heterocycles. The van der Waals surface area contributed by atoms with Crippen molar-refractivity contribution in [2.24, 2.45) is 5.41 Å². The van der Waals surface area contributed by atoms with E-state index in [9.17, 15) is 9.90 Å². The summed E-state index contributed by atoms with van der Waals surface area (Å²) in [6, 6.07) is 4.39. The van der Waals surface area contributed by atoms with Gasteiger partial charge in [-0.25, -0.2) is 0 Å². The molecule has 2 fully saturated rings. The summed E-state index contributed by atoms with van der Waals surface area (Å²) in [7, 11) is 0. The molecule has 0 spiro atoms. The average Bonchev–Trinajstić information content (AvgIpc) is 3.10. The van der Waals surface area contributed by atoms with Crippen molar-refractivity contribution in [1.82, 2.24) is 9.47 Å². The first kappa shape index (κ1) is 13.7. The van der Waals surface area contributed by atoms with E-state index in [1.54, 1.807) is 0 Å². The van der Waals surface area contributed by atoms with Crippen LogP contribution in [0.15, 0.2) is 18.3 Å². The monoisotopic (exact) mass is 276 g/mol. The molecule has 2 heterocycles. The van der Waals surface area contributed by atoms with Gasteiger partial charge in [-0.2, -0.15) is 0 Å². The zero-order valence-electron chi connectivity index (χ0n) is 12.6. The van der Waals surface area contributed by atoms with E-state index in [1.807, 2.05) is 44.0 Å². The highest BCUT2D eigenvalue weighted by molar-refractivity contribution is 5.93. The van der Waals surface area contributed by atoms with Crippen molar-refractivity contribution in [3.8, 4) is 0 Å². The summed E-state index contributed by atoms with van der Waals surface area (Å²) in [6.07, 6.45) is 5.00. The molecule has 1 aromatic rings. The van der Waals surface area contributed by atoms with E-state index in [4.69, 9.17) is 0 Å². The van der Waals surface area contributed by atoms with Gasteiger partial charge in [0.25, 0.3) is 5.91 Å². The van der Waals surface area contributed by atoms with Gasteiger partial charge in [0.15, 0.2) is 0 Å². The fourth-order valence-electron chi connectivity index (χ4n) is 3.00. The quantitative estimate of drug-likeness (QED) is 0.902. The summed E-state index contributed by atoms with van der Waals surface area (Å²) in [6.45, 7) is 7.18. The summed E-state index contributed by atoms with van der Waals surface area (Å²) >= 11 is 0. The lowest BCUT2D eigenvalue weighted by Crippen LogP contribution is -2.57. The largest absolute Gasteiger partial charge is 0.389 e. The average molecular weight is 276 g/mol. The van der Waals surface area contributed by atoms with Crippen LogP contribution in [-0.2, 0) is 0 Å². The zero-order valence-corrected chi connectivity index (χ0v) is 12.6. The lowest BCUT2D eigenvalue weighted by Gasteiger charge is -2.48. The molecule has 0 aromatic carbocycles. The van der Waals surface area contributed by atoms with E-state index in [0.29, 0.717) is 25.6 Å². The minimum Gasteiger partial charge on any atom is -0.389 e. The number of aliphatic hydroxyl groups is 1. The van der Waals surface area contributed by atoms with Crippen molar-refractivity contribution in [3.05, 3.63) is 24.0 Å². The Kier molecular flexibility index (Phi) is 2.98. The molecule has 4 heteroatoms. The molecule has 1 aliphatic carbocycles. The molecule has 110 valence electrons. The lowest BCUT2D eigenvalue weighted by atomic mass is 9.71. The number of amides is 1. The van der Waals surface area contributed by atoms with Crippen molar-refractivity contribution in [3.63, 3.8) is 0 Å². The molecule has 1 amide bonds. The lowest BCUT2D eigenvalue weighted by molar-refractivity contribution is -0.0972. The van der Waals surface area contributed by atoms with Crippen LogP contribution in [-0.4, -0.2) is 39.2 Å². The van der Waals surface area contributed by atoms with Crippen molar-refractivity contribution < 1.29 is 9.90 Å². The zero-order chi connectivity index (χ0) is 14.5. The normalized spacial score (nSPS) is 29.5. The number of carbonyl (C=O) groups is 1. The van der Waals surface area contributed by atoms with E-state index >= 15 is 0 Å². The predicted molar refractivity (Wildman–Crippen MR) is 77.6 cm³/mol. The fourth-order valence-corrected chi connectivity index (χ4v) is 3.00. The van der Waals surface area contributed by atoms with Crippen LogP contribution in [0, 0.1) is 5.41 Å². The van der Waals surface area contributed by atoms with Gasteiger partial charge in [0.2, 0.25) is 0 Å². The number of carbonyl (C=O) groups excluding carboxylic acids is 1. The molecule has 3 rings (SSSR count). The van der Waals surface area contributed by atoms with Gasteiger partial charge < -0.3 is 14.6 Å². The fraction of sp³-hybridized carbons (Fsp3) is 0.688. The van der Waals surface area contributed by atoms with Crippen LogP contribution in [0.1, 0.15) is 56.6 Å². The Bertz CT molecular complexity index is 526. The smallest absolute Gasteiger partial charge is 0.270 e. The molecule has 0 radical (unpaired) electrons. The Balaban J connectivity index is 1.80. The number of rotatable bonds is 2. The first-order chi connectivity index (χ1) is 9.32. The molecule has 1 N–H and O–H groups in total. The van der Waals surface area contributed by atoms with Gasteiger partial charge in [-0.05, 0) is 38.3 Å². The highest BCUT2D eigenvalue weighted by Gasteiger charge is 2.45. The molecule has 20 heavy (non-hydrogen) atoms. The van der Waals surface area contributed by atoms with Crippen LogP contribution < -0.4 is 0 Å². The SMILES string of the molecule is CC1(C)CN(C(=O)c2cccn2C2CC2)CC[C@]1(C)O. The van der Waals surface area contributed by atoms with Crippen LogP contribution >= 0.6 is 0 Å². The van der Waals surface area contributed by atoms with Crippen molar-refractivity contribution >= 4 is 5.91 Å². The Morgan fingerprint density at radius 1 is 1.35 bits per heavy atom. The second-order valence-corrected chi connectivity index (χ2v) is 7.17. The van der Waals surface area contributed by atoms with Gasteiger partial charge in [-0.15, -0.1) is 0 Å². The number of aromatic nitrogens is 1. The summed E-state index contributed by atoms with van der Waals surface area (Å²) in [5.41, 5.74) is -0.190. The minimum absolute atomic E-state index is 0.102. The van der Waals surface area contributed by atoms with E-state index in [-0.39, 0.29) is 11.3 Å². The summed E-state index contributed by atoms with van der Waals surface area (Å²) < 4.78 is 2.11. The van der Waals surface area contributed by atoms with Gasteiger partial charge in [0.1, 0.15) is 5.69 Å². The Morgan fingerprint density at radius 2 is 2.05 bits per heavy atom. The topological polar surface area (TPSA) is 45.5 Å². The number of piperidine rings is 1. The Labute approximate surface area is 120 Å². The standard InChI is InChI=1S/C16H24N2O2/c1-15(2)11-17(10-8-16(15,3)20)14(19)13-5-4-9-18(13)12-6-7-12/h4-5,9,12,20H,6-8,10-11H2,1-3H3/t16-/m0/s1. The number of hydrogen-bond donors (Lipinski definition) is 1. The van der Waals surface area contributed by atoms with Crippen LogP contribution in [0.5, 0.6) is 0 Å². The highest BCUT2D eigenvalue weighted by atomic mass is 16.3. The highest BCUT2D eigenvalue weighted by Crippen LogP contribution is 2.39. The van der Waals surface area contributed by atoms with E-state index in [1.165, 1.54) is 12.8 Å². The summed E-state index contributed by atoms with van der Waals surface area (Å²) in [5, 5.41) is 10.4. The molecule has 2 aliphatic rings. The molecule has 4 nitrogen and oxygen atoms in total. The van der Waals surface area contributed by atoms with Gasteiger partial charge in [0, 0.05) is 30.7 Å². The molecule has 1 aliphatic heterocycles. The minimum atomic E-state index is -0.706. The van der Waals surface area contributed by atoms with Gasteiger partial charge in [0.05, 0.1) is 5.60 Å². The molecule has 0 unspecified atom stereocenters. The van der Waals surface area contributed by atoms with E-state index in [2.05, 4.69) is 4.57 Å². The van der Waals surface area contributed by atoms with Crippen molar-refractivity contribution in [2.75, 3.05) is 13.1 Å². The molecular formula is C16H24N2O2. The third-order valence-electron chi connectivity index (χ3n) is 5.14. The maximum Gasteiger partial charge on any atom is 0.270 e. The van der Waals surface area contributed by atoms with E-state index in [0.717, 1.165) is 5.69 Å². The maximum atomic E-state index is 12.7. The third-order valence-corrected chi connectivity index (χ3v) is 5.14. The van der Waals surface area contributed by atoms with Crippen LogP contribution in [0.2, 0.25) is 0 Å². The molecular weight excluding hydrogens is 252 g/mol. The molecule has 1 aromatic heterocycles. The molecule has 1 saturated carbocycles. The Hall–Kier alpha value is -1.29. The van der Waals surface area contributed by atoms with Gasteiger partial charge in [-0.1, -0.05) is 13.8 Å². The van der Waals surface area contributed by atoms with Crippen molar-refractivity contribution in [2.45, 2.75) is 51.7 Å². The van der Waals surface area contributed by atoms with E-state index < -0.39 is 5.60 Å². The molecule has 1 atom stereocenters.